The van der Waals surface area contributed by atoms with E-state index in [1.165, 1.54) is 0 Å². The maximum Gasteiger partial charge on any atom is 0.228 e. The zero-order chi connectivity index (χ0) is 18.7. The van der Waals surface area contributed by atoms with Crippen LogP contribution >= 0.6 is 0 Å². The molecule has 0 aromatic heterocycles. The number of hydrogen-bond acceptors (Lipinski definition) is 3. The minimum Gasteiger partial charge on any atom is -0.494 e. The number of ether oxygens (including phenoxy) is 1. The van der Waals surface area contributed by atoms with Crippen LogP contribution in [-0.2, 0) is 9.59 Å². The Morgan fingerprint density at radius 2 is 1.54 bits per heavy atom. The lowest BCUT2D eigenvalue weighted by Crippen LogP contribution is -2.21. The van der Waals surface area contributed by atoms with Gasteiger partial charge in [-0.25, -0.2) is 0 Å². The van der Waals surface area contributed by atoms with Crippen LogP contribution in [0.4, 0.5) is 11.4 Å². The van der Waals surface area contributed by atoms with Gasteiger partial charge in [0.25, 0.3) is 0 Å². The van der Waals surface area contributed by atoms with Gasteiger partial charge in [-0.2, -0.15) is 0 Å². The van der Waals surface area contributed by atoms with E-state index in [1.807, 2.05) is 51.1 Å². The molecule has 2 N–H and O–H groups in total. The highest BCUT2D eigenvalue weighted by Gasteiger charge is 2.48. The van der Waals surface area contributed by atoms with E-state index in [-0.39, 0.29) is 23.7 Å². The molecule has 26 heavy (non-hydrogen) atoms. The van der Waals surface area contributed by atoms with E-state index < -0.39 is 0 Å². The number of anilines is 2. The molecule has 1 aliphatic carbocycles. The average Bonchev–Trinajstić information content (AvgIpc) is 3.41. The van der Waals surface area contributed by atoms with Crippen LogP contribution in [0, 0.1) is 25.7 Å². The van der Waals surface area contributed by atoms with Crippen LogP contribution in [0.15, 0.2) is 42.5 Å². The summed E-state index contributed by atoms with van der Waals surface area (Å²) in [7, 11) is 0. The molecule has 2 amide bonds. The molecule has 5 heteroatoms. The largest absolute Gasteiger partial charge is 0.494 e. The van der Waals surface area contributed by atoms with Gasteiger partial charge >= 0.3 is 0 Å². The molecule has 2 aromatic carbocycles. The highest BCUT2D eigenvalue weighted by molar-refractivity contribution is 6.03. The molecule has 2 unspecified atom stereocenters. The van der Waals surface area contributed by atoms with Crippen LogP contribution in [0.5, 0.6) is 5.75 Å². The summed E-state index contributed by atoms with van der Waals surface area (Å²) < 4.78 is 5.38. The van der Waals surface area contributed by atoms with Crippen molar-refractivity contribution >= 4 is 23.2 Å². The van der Waals surface area contributed by atoms with Crippen molar-refractivity contribution in [3.05, 3.63) is 53.6 Å². The van der Waals surface area contributed by atoms with Gasteiger partial charge in [0.05, 0.1) is 18.4 Å². The van der Waals surface area contributed by atoms with Crippen molar-refractivity contribution in [1.82, 2.24) is 0 Å². The summed E-state index contributed by atoms with van der Waals surface area (Å²) in [4.78, 5) is 24.8. The quantitative estimate of drug-likeness (QED) is 0.828. The van der Waals surface area contributed by atoms with Crippen LogP contribution in [-0.4, -0.2) is 18.4 Å². The molecule has 1 fully saturated rings. The smallest absolute Gasteiger partial charge is 0.228 e. The van der Waals surface area contributed by atoms with Gasteiger partial charge < -0.3 is 15.4 Å². The summed E-state index contributed by atoms with van der Waals surface area (Å²) in [5.41, 5.74) is 3.60. The molecule has 0 spiro atoms. The maximum absolute atomic E-state index is 12.5. The Kier molecular flexibility index (Phi) is 5.26. The summed E-state index contributed by atoms with van der Waals surface area (Å²) in [5.74, 6) is 0.0235. The molecule has 1 saturated carbocycles. The number of para-hydroxylation sites is 1. The van der Waals surface area contributed by atoms with E-state index in [9.17, 15) is 9.59 Å². The van der Waals surface area contributed by atoms with Crippen molar-refractivity contribution in [2.45, 2.75) is 27.2 Å². The standard InChI is InChI=1S/C21H24N2O3/c1-4-26-16-10-8-15(9-11-16)22-20(24)17-12-18(17)21(25)23-19-13(2)6-5-7-14(19)3/h5-11,17-18H,4,12H2,1-3H3,(H,22,24)(H,23,25). The summed E-state index contributed by atoms with van der Waals surface area (Å²) in [6, 6.07) is 13.1. The molecule has 0 heterocycles. The third-order valence-electron chi connectivity index (χ3n) is 4.63. The molecule has 2 atom stereocenters. The first-order chi connectivity index (χ1) is 12.5. The van der Waals surface area contributed by atoms with Crippen molar-refractivity contribution in [3.63, 3.8) is 0 Å². The number of rotatable bonds is 6. The Hall–Kier alpha value is -2.82. The van der Waals surface area contributed by atoms with E-state index in [0.29, 0.717) is 18.7 Å². The van der Waals surface area contributed by atoms with Crippen LogP contribution in [0.1, 0.15) is 24.5 Å². The van der Waals surface area contributed by atoms with E-state index in [1.54, 1.807) is 12.1 Å². The lowest BCUT2D eigenvalue weighted by atomic mass is 10.1. The highest BCUT2D eigenvalue weighted by Crippen LogP contribution is 2.40. The molecule has 3 rings (SSSR count). The SMILES string of the molecule is CCOc1ccc(NC(=O)C2CC2C(=O)Nc2c(C)cccc2C)cc1. The van der Waals surface area contributed by atoms with Crippen molar-refractivity contribution in [2.75, 3.05) is 17.2 Å². The van der Waals surface area contributed by atoms with Crippen molar-refractivity contribution < 1.29 is 14.3 Å². The first-order valence-corrected chi connectivity index (χ1v) is 8.90. The first kappa shape index (κ1) is 18.0. The zero-order valence-corrected chi connectivity index (χ0v) is 15.3. The second-order valence-corrected chi connectivity index (χ2v) is 6.65. The minimum absolute atomic E-state index is 0.0887. The Balaban J connectivity index is 1.55. The Morgan fingerprint density at radius 3 is 2.12 bits per heavy atom. The van der Waals surface area contributed by atoms with Crippen LogP contribution < -0.4 is 15.4 Å². The average molecular weight is 352 g/mol. The monoisotopic (exact) mass is 352 g/mol. The molecule has 0 saturated heterocycles. The second-order valence-electron chi connectivity index (χ2n) is 6.65. The number of aryl methyl sites for hydroxylation is 2. The minimum atomic E-state index is -0.272. The van der Waals surface area contributed by atoms with Gasteiger partial charge in [-0.1, -0.05) is 18.2 Å². The summed E-state index contributed by atoms with van der Waals surface area (Å²) in [5, 5.41) is 5.85. The molecular weight excluding hydrogens is 328 g/mol. The predicted octanol–water partition coefficient (Wildman–Crippen LogP) is 3.92. The fraction of sp³-hybridized carbons (Fsp3) is 0.333. The second kappa shape index (κ2) is 7.60. The number of hydrogen-bond donors (Lipinski definition) is 2. The topological polar surface area (TPSA) is 67.4 Å². The Labute approximate surface area is 153 Å². The molecule has 0 radical (unpaired) electrons. The third-order valence-corrected chi connectivity index (χ3v) is 4.63. The third kappa shape index (κ3) is 4.04. The van der Waals surface area contributed by atoms with E-state index in [0.717, 1.165) is 22.6 Å². The normalized spacial score (nSPS) is 18.1. The van der Waals surface area contributed by atoms with Crippen LogP contribution in [0.2, 0.25) is 0 Å². The van der Waals surface area contributed by atoms with Crippen molar-refractivity contribution in [3.8, 4) is 5.75 Å². The lowest BCUT2D eigenvalue weighted by molar-refractivity contribution is -0.122. The van der Waals surface area contributed by atoms with Crippen LogP contribution in [0.25, 0.3) is 0 Å². The van der Waals surface area contributed by atoms with Gasteiger partial charge in [-0.15, -0.1) is 0 Å². The first-order valence-electron chi connectivity index (χ1n) is 8.90. The molecule has 136 valence electrons. The molecule has 0 bridgehead atoms. The predicted molar refractivity (Wildman–Crippen MR) is 102 cm³/mol. The number of benzene rings is 2. The fourth-order valence-electron chi connectivity index (χ4n) is 3.04. The molecular formula is C21H24N2O3. The Morgan fingerprint density at radius 1 is 0.962 bits per heavy atom. The molecule has 0 aliphatic heterocycles. The summed E-state index contributed by atoms with van der Waals surface area (Å²) >= 11 is 0. The van der Waals surface area contributed by atoms with E-state index in [4.69, 9.17) is 4.74 Å². The maximum atomic E-state index is 12.5. The molecule has 5 nitrogen and oxygen atoms in total. The van der Waals surface area contributed by atoms with Gasteiger partial charge in [0, 0.05) is 11.4 Å². The summed E-state index contributed by atoms with van der Waals surface area (Å²) in [6.07, 6.45) is 0.583. The summed E-state index contributed by atoms with van der Waals surface area (Å²) in [6.45, 7) is 6.45. The van der Waals surface area contributed by atoms with Gasteiger partial charge in [0.2, 0.25) is 11.8 Å². The van der Waals surface area contributed by atoms with E-state index >= 15 is 0 Å². The van der Waals surface area contributed by atoms with Gasteiger partial charge in [-0.05, 0) is 62.6 Å². The van der Waals surface area contributed by atoms with Gasteiger partial charge in [0.15, 0.2) is 0 Å². The number of nitrogens with one attached hydrogen (secondary N) is 2. The fourth-order valence-corrected chi connectivity index (χ4v) is 3.04. The van der Waals surface area contributed by atoms with Crippen molar-refractivity contribution in [1.29, 1.82) is 0 Å². The van der Waals surface area contributed by atoms with Gasteiger partial charge in [0.1, 0.15) is 5.75 Å². The van der Waals surface area contributed by atoms with E-state index in [2.05, 4.69) is 10.6 Å². The number of carbonyl (C=O) groups is 2. The van der Waals surface area contributed by atoms with Crippen molar-refractivity contribution in [2.24, 2.45) is 11.8 Å². The molecule has 1 aliphatic rings. The van der Waals surface area contributed by atoms with Crippen LogP contribution in [0.3, 0.4) is 0 Å². The highest BCUT2D eigenvalue weighted by atomic mass is 16.5. The number of amides is 2. The molecule has 2 aromatic rings. The zero-order valence-electron chi connectivity index (χ0n) is 15.3. The van der Waals surface area contributed by atoms with Gasteiger partial charge in [-0.3, -0.25) is 9.59 Å². The number of carbonyl (C=O) groups excluding carboxylic acids is 2. The Bertz CT molecular complexity index is 794. The lowest BCUT2D eigenvalue weighted by Gasteiger charge is -2.11.